The zero-order chi connectivity index (χ0) is 17.4. The van der Waals surface area contributed by atoms with E-state index in [0.717, 1.165) is 12.0 Å². The number of carbonyl (C=O) groups excluding carboxylic acids is 1. The van der Waals surface area contributed by atoms with Crippen LogP contribution in [-0.4, -0.2) is 23.0 Å². The zero-order valence-electron chi connectivity index (χ0n) is 13.2. The number of hydrogen-bond donors (Lipinski definition) is 2. The lowest BCUT2D eigenvalue weighted by Gasteiger charge is -2.14. The summed E-state index contributed by atoms with van der Waals surface area (Å²) in [4.78, 5) is 23.3. The van der Waals surface area contributed by atoms with Crippen molar-refractivity contribution in [3.8, 4) is 0 Å². The first kappa shape index (κ1) is 17.7. The van der Waals surface area contributed by atoms with E-state index in [1.807, 2.05) is 30.3 Å². The van der Waals surface area contributed by atoms with Crippen molar-refractivity contribution in [2.45, 2.75) is 31.7 Å². The summed E-state index contributed by atoms with van der Waals surface area (Å²) in [6.07, 6.45) is 1.82. The van der Waals surface area contributed by atoms with E-state index in [1.54, 1.807) is 0 Å². The molecule has 0 aromatic heterocycles. The number of rotatable bonds is 8. The van der Waals surface area contributed by atoms with E-state index in [1.165, 1.54) is 24.3 Å². The van der Waals surface area contributed by atoms with E-state index >= 15 is 0 Å². The van der Waals surface area contributed by atoms with Gasteiger partial charge in [0, 0.05) is 0 Å². The van der Waals surface area contributed by atoms with E-state index in [2.05, 4.69) is 5.32 Å². The SMILES string of the molecule is O=C(Cc1ccc(F)cc1)N[C@@H](CCCc1ccccc1)C(=O)O. The molecule has 0 saturated carbocycles. The van der Waals surface area contributed by atoms with Gasteiger partial charge in [-0.2, -0.15) is 0 Å². The maximum atomic E-state index is 12.8. The van der Waals surface area contributed by atoms with E-state index in [9.17, 15) is 19.1 Å². The molecule has 24 heavy (non-hydrogen) atoms. The number of carboxylic acid groups (broad SMARTS) is 1. The monoisotopic (exact) mass is 329 g/mol. The minimum absolute atomic E-state index is 0.0305. The first-order valence-electron chi connectivity index (χ1n) is 7.85. The van der Waals surface area contributed by atoms with Gasteiger partial charge in [-0.1, -0.05) is 42.5 Å². The second-order valence-electron chi connectivity index (χ2n) is 5.64. The van der Waals surface area contributed by atoms with Crippen LogP contribution in [0.4, 0.5) is 4.39 Å². The highest BCUT2D eigenvalue weighted by atomic mass is 19.1. The maximum Gasteiger partial charge on any atom is 0.326 e. The number of hydrogen-bond acceptors (Lipinski definition) is 2. The van der Waals surface area contributed by atoms with Crippen molar-refractivity contribution < 1.29 is 19.1 Å². The van der Waals surface area contributed by atoms with E-state index in [4.69, 9.17) is 0 Å². The highest BCUT2D eigenvalue weighted by Gasteiger charge is 2.19. The molecule has 5 heteroatoms. The zero-order valence-corrected chi connectivity index (χ0v) is 13.2. The third-order valence-electron chi connectivity index (χ3n) is 3.71. The molecule has 0 unspecified atom stereocenters. The fourth-order valence-electron chi connectivity index (χ4n) is 2.45. The molecule has 1 atom stereocenters. The molecule has 0 aliphatic carbocycles. The largest absolute Gasteiger partial charge is 0.480 e. The molecular weight excluding hydrogens is 309 g/mol. The van der Waals surface area contributed by atoms with Crippen molar-refractivity contribution >= 4 is 11.9 Å². The second kappa shape index (κ2) is 8.82. The molecular formula is C19H20FNO3. The molecule has 2 rings (SSSR count). The molecule has 2 aromatic carbocycles. The van der Waals surface area contributed by atoms with Crippen LogP contribution in [0.5, 0.6) is 0 Å². The molecule has 0 aliphatic rings. The number of carbonyl (C=O) groups is 2. The van der Waals surface area contributed by atoms with Crippen LogP contribution in [0.3, 0.4) is 0 Å². The highest BCUT2D eigenvalue weighted by Crippen LogP contribution is 2.08. The van der Waals surface area contributed by atoms with Gasteiger partial charge in [0.2, 0.25) is 5.91 Å². The number of nitrogens with one attached hydrogen (secondary N) is 1. The molecule has 1 amide bonds. The summed E-state index contributed by atoms with van der Waals surface area (Å²) in [5.41, 5.74) is 1.78. The number of benzene rings is 2. The highest BCUT2D eigenvalue weighted by molar-refractivity contribution is 5.84. The van der Waals surface area contributed by atoms with Crippen LogP contribution >= 0.6 is 0 Å². The Bertz CT molecular complexity index is 671. The van der Waals surface area contributed by atoms with Crippen LogP contribution in [-0.2, 0) is 22.4 Å². The third-order valence-corrected chi connectivity index (χ3v) is 3.71. The predicted molar refractivity (Wildman–Crippen MR) is 89.1 cm³/mol. The van der Waals surface area contributed by atoms with Gasteiger partial charge >= 0.3 is 5.97 Å². The van der Waals surface area contributed by atoms with Crippen LogP contribution in [0.25, 0.3) is 0 Å². The van der Waals surface area contributed by atoms with Crippen LogP contribution in [0.15, 0.2) is 54.6 Å². The molecule has 0 saturated heterocycles. The molecule has 0 fully saturated rings. The number of aliphatic carboxylic acids is 1. The van der Waals surface area contributed by atoms with E-state index in [-0.39, 0.29) is 18.1 Å². The Hall–Kier alpha value is -2.69. The van der Waals surface area contributed by atoms with E-state index in [0.29, 0.717) is 18.4 Å². The van der Waals surface area contributed by atoms with Crippen molar-refractivity contribution in [3.05, 3.63) is 71.5 Å². The molecule has 2 N–H and O–H groups in total. The quantitative estimate of drug-likeness (QED) is 0.782. The van der Waals surface area contributed by atoms with Gasteiger partial charge in [0.05, 0.1) is 6.42 Å². The van der Waals surface area contributed by atoms with Crippen molar-refractivity contribution in [3.63, 3.8) is 0 Å². The molecule has 0 radical (unpaired) electrons. The average Bonchev–Trinajstić information content (AvgIpc) is 2.57. The molecule has 2 aromatic rings. The maximum absolute atomic E-state index is 12.8. The third kappa shape index (κ3) is 5.83. The minimum Gasteiger partial charge on any atom is -0.480 e. The van der Waals surface area contributed by atoms with Gasteiger partial charge in [-0.15, -0.1) is 0 Å². The Morgan fingerprint density at radius 2 is 1.67 bits per heavy atom. The number of amides is 1. The summed E-state index contributed by atoms with van der Waals surface area (Å²) in [6.45, 7) is 0. The summed E-state index contributed by atoms with van der Waals surface area (Å²) in [7, 11) is 0. The lowest BCUT2D eigenvalue weighted by atomic mass is 10.0. The summed E-state index contributed by atoms with van der Waals surface area (Å²) >= 11 is 0. The van der Waals surface area contributed by atoms with Gasteiger partial charge in [-0.05, 0) is 42.5 Å². The van der Waals surface area contributed by atoms with Gasteiger partial charge in [0.15, 0.2) is 0 Å². The lowest BCUT2D eigenvalue weighted by molar-refractivity contribution is -0.141. The van der Waals surface area contributed by atoms with Crippen molar-refractivity contribution in [2.75, 3.05) is 0 Å². The van der Waals surface area contributed by atoms with Gasteiger partial charge in [-0.25, -0.2) is 9.18 Å². The van der Waals surface area contributed by atoms with Gasteiger partial charge in [0.1, 0.15) is 11.9 Å². The summed E-state index contributed by atoms with van der Waals surface area (Å²) in [5.74, 6) is -1.80. The number of carboxylic acids is 1. The van der Waals surface area contributed by atoms with Crippen molar-refractivity contribution in [1.29, 1.82) is 0 Å². The Morgan fingerprint density at radius 1 is 1.00 bits per heavy atom. The Labute approximate surface area is 140 Å². The van der Waals surface area contributed by atoms with Gasteiger partial charge < -0.3 is 10.4 Å². The Morgan fingerprint density at radius 3 is 2.29 bits per heavy atom. The number of halogens is 1. The van der Waals surface area contributed by atoms with Crippen molar-refractivity contribution in [2.24, 2.45) is 0 Å². The Balaban J connectivity index is 1.82. The average molecular weight is 329 g/mol. The van der Waals surface area contributed by atoms with E-state index < -0.39 is 12.0 Å². The first-order valence-corrected chi connectivity index (χ1v) is 7.85. The second-order valence-corrected chi connectivity index (χ2v) is 5.64. The van der Waals surface area contributed by atoms with Crippen LogP contribution in [0.1, 0.15) is 24.0 Å². The summed E-state index contributed by atoms with van der Waals surface area (Å²) in [5, 5.41) is 11.8. The Kier molecular flexibility index (Phi) is 6.49. The fourth-order valence-corrected chi connectivity index (χ4v) is 2.45. The normalized spacial score (nSPS) is 11.7. The van der Waals surface area contributed by atoms with Crippen LogP contribution in [0, 0.1) is 5.82 Å². The van der Waals surface area contributed by atoms with Crippen molar-refractivity contribution in [1.82, 2.24) is 5.32 Å². The molecule has 4 nitrogen and oxygen atoms in total. The van der Waals surface area contributed by atoms with Gasteiger partial charge in [0.25, 0.3) is 0 Å². The molecule has 0 aliphatic heterocycles. The molecule has 0 bridgehead atoms. The smallest absolute Gasteiger partial charge is 0.326 e. The van der Waals surface area contributed by atoms with Crippen LogP contribution < -0.4 is 5.32 Å². The molecule has 0 spiro atoms. The summed E-state index contributed by atoms with van der Waals surface area (Å²) < 4.78 is 12.8. The number of aryl methyl sites for hydroxylation is 1. The topological polar surface area (TPSA) is 66.4 Å². The first-order chi connectivity index (χ1) is 11.5. The standard InChI is InChI=1S/C19H20FNO3/c20-16-11-9-15(10-12-16)13-18(22)21-17(19(23)24)8-4-7-14-5-2-1-3-6-14/h1-3,5-6,9-12,17H,4,7-8,13H2,(H,21,22)(H,23,24)/t17-/m0/s1. The lowest BCUT2D eigenvalue weighted by Crippen LogP contribution is -2.41. The molecule has 0 heterocycles. The predicted octanol–water partition coefficient (Wildman–Crippen LogP) is 2.96. The van der Waals surface area contributed by atoms with Crippen LogP contribution in [0.2, 0.25) is 0 Å². The molecule has 126 valence electrons. The minimum atomic E-state index is -1.05. The summed E-state index contributed by atoms with van der Waals surface area (Å²) in [6, 6.07) is 14.4. The fraction of sp³-hybridized carbons (Fsp3) is 0.263. The van der Waals surface area contributed by atoms with Gasteiger partial charge in [-0.3, -0.25) is 4.79 Å².